The van der Waals surface area contributed by atoms with Gasteiger partial charge in [-0.05, 0) is 42.7 Å². The van der Waals surface area contributed by atoms with E-state index in [9.17, 15) is 13.6 Å². The van der Waals surface area contributed by atoms with Crippen molar-refractivity contribution in [3.63, 3.8) is 0 Å². The molecule has 1 unspecified atom stereocenters. The molecule has 1 aromatic heterocycles. The predicted octanol–water partition coefficient (Wildman–Crippen LogP) is 5.23. The van der Waals surface area contributed by atoms with Crippen LogP contribution in [0.2, 0.25) is 5.02 Å². The minimum Gasteiger partial charge on any atom is -0.317 e. The van der Waals surface area contributed by atoms with Gasteiger partial charge in [-0.2, -0.15) is 5.10 Å². The van der Waals surface area contributed by atoms with Crippen molar-refractivity contribution in [2.45, 2.75) is 25.4 Å². The van der Waals surface area contributed by atoms with Gasteiger partial charge in [0, 0.05) is 23.2 Å². The Kier molecular flexibility index (Phi) is 5.49. The molecular weight excluding hydrogens is 398 g/mol. The van der Waals surface area contributed by atoms with Crippen LogP contribution >= 0.6 is 11.6 Å². The molecule has 1 aliphatic heterocycles. The van der Waals surface area contributed by atoms with Crippen molar-refractivity contribution < 1.29 is 13.6 Å². The van der Waals surface area contributed by atoms with Gasteiger partial charge in [0.15, 0.2) is 0 Å². The Morgan fingerprint density at radius 2 is 1.97 bits per heavy atom. The van der Waals surface area contributed by atoms with Gasteiger partial charge in [0.25, 0.3) is 0 Å². The number of aromatic nitrogens is 2. The van der Waals surface area contributed by atoms with Crippen LogP contribution in [-0.4, -0.2) is 27.3 Å². The lowest BCUT2D eigenvalue weighted by Gasteiger charge is -2.26. The summed E-state index contributed by atoms with van der Waals surface area (Å²) in [4.78, 5) is 14.5. The van der Waals surface area contributed by atoms with Gasteiger partial charge < -0.3 is 4.90 Å². The average Bonchev–Trinajstić information content (AvgIpc) is 3.33. The number of likely N-dealkylation sites (tertiary alicyclic amines) is 1. The number of nitrogens with zero attached hydrogens (tertiary/aromatic N) is 3. The predicted molar refractivity (Wildman–Crippen MR) is 107 cm³/mol. The fourth-order valence-corrected chi connectivity index (χ4v) is 3.94. The Labute approximate surface area is 171 Å². The molecule has 29 heavy (non-hydrogen) atoms. The van der Waals surface area contributed by atoms with Gasteiger partial charge in [-0.25, -0.2) is 18.3 Å². The van der Waals surface area contributed by atoms with Crippen molar-refractivity contribution in [1.29, 1.82) is 0 Å². The summed E-state index contributed by atoms with van der Waals surface area (Å²) in [6.07, 6.45) is 2.98. The van der Waals surface area contributed by atoms with Crippen LogP contribution < -0.4 is 5.32 Å². The number of rotatable bonds is 4. The lowest BCUT2D eigenvalue weighted by molar-refractivity contribution is 0.206. The largest absolute Gasteiger partial charge is 0.323 e. The number of benzene rings is 2. The van der Waals surface area contributed by atoms with E-state index in [4.69, 9.17) is 11.6 Å². The van der Waals surface area contributed by atoms with Gasteiger partial charge in [0.1, 0.15) is 17.5 Å². The summed E-state index contributed by atoms with van der Waals surface area (Å²) in [6, 6.07) is 11.5. The van der Waals surface area contributed by atoms with Crippen LogP contribution in [0.5, 0.6) is 0 Å². The highest BCUT2D eigenvalue weighted by atomic mass is 35.5. The van der Waals surface area contributed by atoms with Crippen molar-refractivity contribution >= 4 is 23.4 Å². The second-order valence-electron chi connectivity index (χ2n) is 6.92. The number of hydrogen-bond donors (Lipinski definition) is 1. The van der Waals surface area contributed by atoms with Crippen LogP contribution in [-0.2, 0) is 6.54 Å². The molecule has 1 fully saturated rings. The molecule has 0 spiro atoms. The molecule has 0 saturated carbocycles. The van der Waals surface area contributed by atoms with E-state index in [1.807, 2.05) is 0 Å². The highest BCUT2D eigenvalue weighted by molar-refractivity contribution is 6.31. The smallest absolute Gasteiger partial charge is 0.317 e. The van der Waals surface area contributed by atoms with Gasteiger partial charge in [-0.15, -0.1) is 0 Å². The van der Waals surface area contributed by atoms with Crippen molar-refractivity contribution in [2.75, 3.05) is 11.9 Å². The SMILES string of the molecule is O=C(Nc1ccnn1Cc1ccc(F)cc1)N1CCCC1c1c(F)cccc1Cl. The number of nitrogens with one attached hydrogen (secondary N) is 1. The summed E-state index contributed by atoms with van der Waals surface area (Å²) in [7, 11) is 0. The van der Waals surface area contributed by atoms with E-state index in [1.165, 1.54) is 18.2 Å². The van der Waals surface area contributed by atoms with Crippen LogP contribution in [0, 0.1) is 11.6 Å². The molecule has 5 nitrogen and oxygen atoms in total. The summed E-state index contributed by atoms with van der Waals surface area (Å²) in [6.45, 7) is 0.888. The molecule has 1 aliphatic rings. The van der Waals surface area contributed by atoms with Crippen LogP contribution in [0.4, 0.5) is 19.4 Å². The highest BCUT2D eigenvalue weighted by Gasteiger charge is 2.33. The quantitative estimate of drug-likeness (QED) is 0.633. The topological polar surface area (TPSA) is 50.2 Å². The monoisotopic (exact) mass is 416 g/mol. The van der Waals surface area contributed by atoms with Crippen LogP contribution in [0.1, 0.15) is 30.0 Å². The summed E-state index contributed by atoms with van der Waals surface area (Å²) in [5, 5.41) is 7.39. The second kappa shape index (κ2) is 8.21. The molecule has 1 atom stereocenters. The van der Waals surface area contributed by atoms with Gasteiger partial charge in [0.05, 0.1) is 18.8 Å². The average molecular weight is 417 g/mol. The molecule has 2 amide bonds. The Hall–Kier alpha value is -2.93. The third-order valence-corrected chi connectivity index (χ3v) is 5.37. The number of urea groups is 1. The molecule has 1 saturated heterocycles. The van der Waals surface area contributed by atoms with Crippen LogP contribution in [0.15, 0.2) is 54.7 Å². The number of amides is 2. The van der Waals surface area contributed by atoms with Crippen molar-refractivity contribution in [2.24, 2.45) is 0 Å². The maximum Gasteiger partial charge on any atom is 0.323 e. The fourth-order valence-electron chi connectivity index (χ4n) is 3.65. The lowest BCUT2D eigenvalue weighted by Crippen LogP contribution is -2.35. The number of hydrogen-bond acceptors (Lipinski definition) is 2. The van der Waals surface area contributed by atoms with E-state index in [2.05, 4.69) is 10.4 Å². The molecule has 2 heterocycles. The summed E-state index contributed by atoms with van der Waals surface area (Å²) in [5.41, 5.74) is 1.20. The Balaban J connectivity index is 1.51. The van der Waals surface area contributed by atoms with Crippen molar-refractivity contribution in [3.8, 4) is 0 Å². The van der Waals surface area contributed by atoms with Crippen molar-refractivity contribution in [3.05, 3.63) is 82.5 Å². The van der Waals surface area contributed by atoms with Crippen LogP contribution in [0.3, 0.4) is 0 Å². The summed E-state index contributed by atoms with van der Waals surface area (Å²) >= 11 is 6.21. The first kappa shape index (κ1) is 19.4. The molecule has 2 aromatic carbocycles. The Morgan fingerprint density at radius 1 is 1.17 bits per heavy atom. The summed E-state index contributed by atoms with van der Waals surface area (Å²) in [5.74, 6) is -0.220. The fraction of sp³-hybridized carbons (Fsp3) is 0.238. The summed E-state index contributed by atoms with van der Waals surface area (Å²) < 4.78 is 29.1. The molecule has 150 valence electrons. The zero-order valence-corrected chi connectivity index (χ0v) is 16.2. The number of anilines is 1. The number of halogens is 3. The van der Waals surface area contributed by atoms with E-state index < -0.39 is 11.9 Å². The number of carbonyl (C=O) groups excluding carboxylic acids is 1. The molecular formula is C21H19ClF2N4O. The van der Waals surface area contributed by atoms with Gasteiger partial charge in [-0.3, -0.25) is 5.32 Å². The van der Waals surface area contributed by atoms with E-state index in [-0.39, 0.29) is 11.8 Å². The van der Waals surface area contributed by atoms with Crippen molar-refractivity contribution in [1.82, 2.24) is 14.7 Å². The van der Waals surface area contributed by atoms with E-state index in [1.54, 1.807) is 46.1 Å². The molecule has 0 aliphatic carbocycles. The maximum absolute atomic E-state index is 14.4. The molecule has 3 aromatic rings. The third-order valence-electron chi connectivity index (χ3n) is 5.04. The van der Waals surface area contributed by atoms with E-state index >= 15 is 0 Å². The van der Waals surface area contributed by atoms with E-state index in [0.717, 1.165) is 12.0 Å². The zero-order chi connectivity index (χ0) is 20.4. The van der Waals surface area contributed by atoms with Gasteiger partial charge in [-0.1, -0.05) is 29.8 Å². The maximum atomic E-state index is 14.4. The molecule has 1 N–H and O–H groups in total. The van der Waals surface area contributed by atoms with Crippen LogP contribution in [0.25, 0.3) is 0 Å². The van der Waals surface area contributed by atoms with E-state index in [0.29, 0.717) is 35.9 Å². The standard InChI is InChI=1S/C21H19ClF2N4O/c22-16-3-1-4-17(24)20(16)18-5-2-12-27(18)21(29)26-19-10-11-25-28(19)13-14-6-8-15(23)9-7-14/h1,3-4,6-11,18H,2,5,12-13H2,(H,26,29). The molecule has 0 radical (unpaired) electrons. The first-order valence-electron chi connectivity index (χ1n) is 9.31. The third kappa shape index (κ3) is 4.10. The normalized spacial score (nSPS) is 16.2. The van der Waals surface area contributed by atoms with Gasteiger partial charge >= 0.3 is 6.03 Å². The Morgan fingerprint density at radius 3 is 2.72 bits per heavy atom. The zero-order valence-electron chi connectivity index (χ0n) is 15.5. The van der Waals surface area contributed by atoms with Gasteiger partial charge in [0.2, 0.25) is 0 Å². The molecule has 0 bridgehead atoms. The minimum atomic E-state index is -0.419. The first-order chi connectivity index (χ1) is 14.0. The first-order valence-corrected chi connectivity index (χ1v) is 9.68. The number of carbonyl (C=O) groups is 1. The Bertz CT molecular complexity index is 1000. The minimum absolute atomic E-state index is 0.311. The molecule has 4 rings (SSSR count). The highest BCUT2D eigenvalue weighted by Crippen LogP contribution is 2.37. The lowest BCUT2D eigenvalue weighted by atomic mass is 10.0. The molecule has 8 heteroatoms. The second-order valence-corrected chi connectivity index (χ2v) is 7.32.